The Morgan fingerprint density at radius 3 is 2.68 bits per heavy atom. The van der Waals surface area contributed by atoms with Gasteiger partial charge >= 0.3 is 5.91 Å². The van der Waals surface area contributed by atoms with Gasteiger partial charge in [0.25, 0.3) is 0 Å². The lowest BCUT2D eigenvalue weighted by molar-refractivity contribution is 0.0923. The first-order valence-electron chi connectivity index (χ1n) is 5.68. The van der Waals surface area contributed by atoms with Crippen molar-refractivity contribution >= 4 is 23.4 Å². The molecule has 5 nitrogen and oxygen atoms in total. The molecule has 0 aliphatic rings. The molecule has 19 heavy (non-hydrogen) atoms. The maximum Gasteiger partial charge on any atom is 0.301 e. The van der Waals surface area contributed by atoms with E-state index in [1.165, 1.54) is 0 Å². The Balaban J connectivity index is 2.04. The summed E-state index contributed by atoms with van der Waals surface area (Å²) in [4.78, 5) is 12.5. The fourth-order valence-corrected chi connectivity index (χ4v) is 2.41. The van der Waals surface area contributed by atoms with Gasteiger partial charge < -0.3 is 10.2 Å². The third-order valence-electron chi connectivity index (χ3n) is 2.57. The van der Waals surface area contributed by atoms with Crippen LogP contribution < -0.4 is 17.0 Å². The minimum atomic E-state index is -0.416. The summed E-state index contributed by atoms with van der Waals surface area (Å²) < 4.78 is 5.47. The molecule has 0 saturated carbocycles. The first-order valence-corrected chi connectivity index (χ1v) is 6.67. The van der Waals surface area contributed by atoms with E-state index in [0.29, 0.717) is 5.75 Å². The van der Waals surface area contributed by atoms with Gasteiger partial charge in [-0.1, -0.05) is 0 Å². The second-order valence-electron chi connectivity index (χ2n) is 4.06. The monoisotopic (exact) mass is 277 g/mol. The first kappa shape index (κ1) is 13.5. The van der Waals surface area contributed by atoms with E-state index in [2.05, 4.69) is 5.43 Å². The predicted octanol–water partition coefficient (Wildman–Crippen LogP) is 2.07. The Bertz CT molecular complexity index is 578. The topological polar surface area (TPSA) is 94.3 Å². The number of thioether (sulfide) groups is 1. The van der Waals surface area contributed by atoms with Crippen LogP contribution in [0.3, 0.4) is 0 Å². The number of hydrogen-bond acceptors (Lipinski definition) is 5. The fraction of sp³-hybridized carbons (Fsp3) is 0.154. The zero-order valence-corrected chi connectivity index (χ0v) is 11.3. The van der Waals surface area contributed by atoms with E-state index in [4.69, 9.17) is 16.0 Å². The molecule has 1 aromatic carbocycles. The number of hydrogen-bond donors (Lipinski definition) is 3. The molecule has 6 heteroatoms. The van der Waals surface area contributed by atoms with Crippen molar-refractivity contribution in [1.82, 2.24) is 5.43 Å². The number of benzene rings is 1. The zero-order chi connectivity index (χ0) is 13.8. The number of nitrogens with one attached hydrogen (secondary N) is 1. The molecule has 5 N–H and O–H groups in total. The number of nitrogens with two attached hydrogens (primary N) is 2. The van der Waals surface area contributed by atoms with Gasteiger partial charge in [0.15, 0.2) is 5.76 Å². The van der Waals surface area contributed by atoms with Gasteiger partial charge in [-0.15, -0.1) is 11.8 Å². The van der Waals surface area contributed by atoms with Gasteiger partial charge in [-0.3, -0.25) is 10.2 Å². The molecule has 0 atom stereocenters. The number of aryl methyl sites for hydroxylation is 1. The molecule has 0 spiro atoms. The number of furan rings is 1. The predicted molar refractivity (Wildman–Crippen MR) is 75.5 cm³/mol. The second-order valence-corrected chi connectivity index (χ2v) is 5.10. The van der Waals surface area contributed by atoms with Crippen molar-refractivity contribution in [2.24, 2.45) is 5.84 Å². The molecular weight excluding hydrogens is 262 g/mol. The van der Waals surface area contributed by atoms with Gasteiger partial charge in [-0.25, -0.2) is 5.84 Å². The molecule has 0 unspecified atom stereocenters. The number of carbonyl (C=O) groups is 1. The zero-order valence-electron chi connectivity index (χ0n) is 10.5. The number of anilines is 1. The van der Waals surface area contributed by atoms with E-state index in [0.717, 1.165) is 21.9 Å². The van der Waals surface area contributed by atoms with Gasteiger partial charge in [-0.2, -0.15) is 0 Å². The number of amides is 1. The molecule has 1 heterocycles. The van der Waals surface area contributed by atoms with Gasteiger partial charge in [0.2, 0.25) is 0 Å². The summed E-state index contributed by atoms with van der Waals surface area (Å²) in [6, 6.07) is 9.44. The number of rotatable bonds is 4. The quantitative estimate of drug-likeness (QED) is 0.261. The van der Waals surface area contributed by atoms with Crippen molar-refractivity contribution < 1.29 is 9.21 Å². The molecule has 0 aliphatic carbocycles. The highest BCUT2D eigenvalue weighted by Crippen LogP contribution is 2.25. The summed E-state index contributed by atoms with van der Waals surface area (Å²) >= 11 is 1.61. The van der Waals surface area contributed by atoms with Gasteiger partial charge in [-0.05, 0) is 37.3 Å². The molecule has 1 amide bonds. The minimum absolute atomic E-state index is 0.260. The molecule has 1 aromatic heterocycles. The summed E-state index contributed by atoms with van der Waals surface area (Å²) in [5, 5.41) is 0. The standard InChI is InChI=1S/C13H15N3O2S/c1-8-6-10(18-12(8)13(17)16-15)7-19-11-4-2-9(14)3-5-11/h2-6H,7,14-15H2,1H3,(H,16,17). The molecule has 100 valence electrons. The SMILES string of the molecule is Cc1cc(CSc2ccc(N)cc2)oc1C(=O)NN. The minimum Gasteiger partial charge on any atom is -0.455 e. The molecule has 0 radical (unpaired) electrons. The highest BCUT2D eigenvalue weighted by molar-refractivity contribution is 7.98. The molecule has 0 fully saturated rings. The van der Waals surface area contributed by atoms with Crippen molar-refractivity contribution in [3.8, 4) is 0 Å². The van der Waals surface area contributed by atoms with E-state index in [1.54, 1.807) is 11.8 Å². The lowest BCUT2D eigenvalue weighted by atomic mass is 10.2. The van der Waals surface area contributed by atoms with E-state index in [9.17, 15) is 4.79 Å². The first-order chi connectivity index (χ1) is 9.10. The molecule has 0 saturated heterocycles. The van der Waals surface area contributed by atoms with Gasteiger partial charge in [0.05, 0.1) is 5.75 Å². The third kappa shape index (κ3) is 3.30. The van der Waals surface area contributed by atoms with Crippen molar-refractivity contribution in [3.63, 3.8) is 0 Å². The third-order valence-corrected chi connectivity index (χ3v) is 3.60. The van der Waals surface area contributed by atoms with E-state index >= 15 is 0 Å². The Hall–Kier alpha value is -1.92. The summed E-state index contributed by atoms with van der Waals surface area (Å²) in [6.45, 7) is 1.81. The van der Waals surface area contributed by atoms with Gasteiger partial charge in [0.1, 0.15) is 5.76 Å². The number of hydrazine groups is 1. The van der Waals surface area contributed by atoms with Crippen molar-refractivity contribution in [3.05, 3.63) is 47.4 Å². The highest BCUT2D eigenvalue weighted by Gasteiger charge is 2.14. The van der Waals surface area contributed by atoms with Crippen LogP contribution in [0.2, 0.25) is 0 Å². The van der Waals surface area contributed by atoms with Crippen LogP contribution in [-0.2, 0) is 5.75 Å². The average molecular weight is 277 g/mol. The lowest BCUT2D eigenvalue weighted by Crippen LogP contribution is -2.30. The maximum atomic E-state index is 11.4. The van der Waals surface area contributed by atoms with Crippen LogP contribution in [0.25, 0.3) is 0 Å². The molecule has 2 aromatic rings. The number of nitrogen functional groups attached to an aromatic ring is 2. The Labute approximate surface area is 115 Å². The van der Waals surface area contributed by atoms with Crippen LogP contribution in [0, 0.1) is 6.92 Å². The normalized spacial score (nSPS) is 10.4. The second kappa shape index (κ2) is 5.81. The maximum absolute atomic E-state index is 11.4. The summed E-state index contributed by atoms with van der Waals surface area (Å²) in [7, 11) is 0. The Morgan fingerprint density at radius 2 is 2.05 bits per heavy atom. The van der Waals surface area contributed by atoms with Crippen LogP contribution in [-0.4, -0.2) is 5.91 Å². The molecule has 0 aliphatic heterocycles. The van der Waals surface area contributed by atoms with Crippen molar-refractivity contribution in [1.29, 1.82) is 0 Å². The largest absolute Gasteiger partial charge is 0.455 e. The fourth-order valence-electron chi connectivity index (χ4n) is 1.63. The smallest absolute Gasteiger partial charge is 0.301 e. The van der Waals surface area contributed by atoms with E-state index < -0.39 is 5.91 Å². The van der Waals surface area contributed by atoms with Crippen LogP contribution in [0.15, 0.2) is 39.6 Å². The Morgan fingerprint density at radius 1 is 1.37 bits per heavy atom. The molecule has 2 rings (SSSR count). The summed E-state index contributed by atoms with van der Waals surface area (Å²) in [6.07, 6.45) is 0. The highest BCUT2D eigenvalue weighted by atomic mass is 32.2. The Kier molecular flexibility index (Phi) is 4.13. The summed E-state index contributed by atoms with van der Waals surface area (Å²) in [5.41, 5.74) is 9.19. The molecule has 0 bridgehead atoms. The van der Waals surface area contributed by atoms with Crippen molar-refractivity contribution in [2.75, 3.05) is 5.73 Å². The van der Waals surface area contributed by atoms with Crippen LogP contribution in [0.4, 0.5) is 5.69 Å². The average Bonchev–Trinajstić information content (AvgIpc) is 2.78. The van der Waals surface area contributed by atoms with Gasteiger partial charge in [0, 0.05) is 16.1 Å². The van der Waals surface area contributed by atoms with Crippen LogP contribution in [0.1, 0.15) is 21.9 Å². The summed E-state index contributed by atoms with van der Waals surface area (Å²) in [5.74, 6) is 6.30. The van der Waals surface area contributed by atoms with Crippen LogP contribution in [0.5, 0.6) is 0 Å². The van der Waals surface area contributed by atoms with E-state index in [1.807, 2.05) is 37.3 Å². The van der Waals surface area contributed by atoms with Crippen LogP contribution >= 0.6 is 11.8 Å². The van der Waals surface area contributed by atoms with Crippen molar-refractivity contribution in [2.45, 2.75) is 17.6 Å². The van der Waals surface area contributed by atoms with E-state index in [-0.39, 0.29) is 5.76 Å². The number of carbonyl (C=O) groups excluding carboxylic acids is 1. The molecular formula is C13H15N3O2S. The lowest BCUT2D eigenvalue weighted by Gasteiger charge is -2.00.